The van der Waals surface area contributed by atoms with Crippen LogP contribution in [0.25, 0.3) is 0 Å². The van der Waals surface area contributed by atoms with Gasteiger partial charge in [-0.05, 0) is 12.1 Å². The first kappa shape index (κ1) is 9.07. The second kappa shape index (κ2) is 4.78. The van der Waals surface area contributed by atoms with Crippen molar-refractivity contribution in [1.29, 1.82) is 5.26 Å². The lowest BCUT2D eigenvalue weighted by Crippen LogP contribution is -1.99. The molecule has 1 rings (SSSR count). The fraction of sp³-hybridized carbons (Fsp3) is 0.111. The summed E-state index contributed by atoms with van der Waals surface area (Å²) in [6.45, 7) is 0. The average molecular weight is 173 g/mol. The molecule has 64 valence electrons. The molecule has 0 N–H and O–H groups in total. The Morgan fingerprint density at radius 2 is 2.08 bits per heavy atom. The van der Waals surface area contributed by atoms with Gasteiger partial charge in [0.1, 0.15) is 0 Å². The van der Waals surface area contributed by atoms with Crippen LogP contribution in [-0.2, 0) is 4.79 Å². The number of hydrogen-bond donors (Lipinski definition) is 0. The summed E-state index contributed by atoms with van der Waals surface area (Å²) in [5.41, 5.74) is 0.629. The zero-order valence-electron chi connectivity index (χ0n) is 6.79. The first-order valence-electron chi connectivity index (χ1n) is 3.67. The molecular formula is C9H7N3O. The number of carbonyl (C=O) groups excluding carboxylic acids is 1. The monoisotopic (exact) mass is 173 g/mol. The van der Waals surface area contributed by atoms with Crippen LogP contribution in [0.15, 0.2) is 40.6 Å². The van der Waals surface area contributed by atoms with Crippen LogP contribution < -0.4 is 0 Å². The van der Waals surface area contributed by atoms with E-state index < -0.39 is 6.04 Å². The van der Waals surface area contributed by atoms with Gasteiger partial charge in [-0.15, -0.1) is 0 Å². The van der Waals surface area contributed by atoms with E-state index in [1.807, 2.05) is 6.07 Å². The van der Waals surface area contributed by atoms with E-state index in [4.69, 9.17) is 5.26 Å². The molecule has 0 bridgehead atoms. The van der Waals surface area contributed by atoms with E-state index in [2.05, 4.69) is 10.2 Å². The number of carbonyl (C=O) groups is 1. The second-order valence-corrected chi connectivity index (χ2v) is 2.26. The van der Waals surface area contributed by atoms with Crippen LogP contribution in [0.1, 0.15) is 0 Å². The molecule has 1 atom stereocenters. The number of azo groups is 1. The van der Waals surface area contributed by atoms with Crippen LogP contribution in [0.5, 0.6) is 0 Å². The van der Waals surface area contributed by atoms with Crippen molar-refractivity contribution in [3.05, 3.63) is 30.3 Å². The van der Waals surface area contributed by atoms with Crippen molar-refractivity contribution in [3.8, 4) is 6.07 Å². The highest BCUT2D eigenvalue weighted by atomic mass is 16.1. The number of hydrogen-bond acceptors (Lipinski definition) is 4. The molecule has 13 heavy (non-hydrogen) atoms. The third kappa shape index (κ3) is 2.83. The molecule has 0 aliphatic heterocycles. The molecule has 4 nitrogen and oxygen atoms in total. The summed E-state index contributed by atoms with van der Waals surface area (Å²) in [7, 11) is 0. The van der Waals surface area contributed by atoms with Crippen molar-refractivity contribution >= 4 is 12.0 Å². The van der Waals surface area contributed by atoms with Crippen LogP contribution in [0.4, 0.5) is 5.69 Å². The van der Waals surface area contributed by atoms with Gasteiger partial charge in [0, 0.05) is 0 Å². The summed E-state index contributed by atoms with van der Waals surface area (Å²) >= 11 is 0. The van der Waals surface area contributed by atoms with E-state index in [9.17, 15) is 4.79 Å². The number of benzene rings is 1. The van der Waals surface area contributed by atoms with Gasteiger partial charge in [0.2, 0.25) is 6.04 Å². The summed E-state index contributed by atoms with van der Waals surface area (Å²) in [5, 5.41) is 15.6. The first-order valence-corrected chi connectivity index (χ1v) is 3.67. The SMILES string of the molecule is N#CC(C=O)N=Nc1ccccc1. The fourth-order valence-corrected chi connectivity index (χ4v) is 0.707. The molecule has 0 aliphatic rings. The van der Waals surface area contributed by atoms with E-state index in [-0.39, 0.29) is 0 Å². The van der Waals surface area contributed by atoms with E-state index in [0.717, 1.165) is 0 Å². The minimum atomic E-state index is -1.000. The van der Waals surface area contributed by atoms with Gasteiger partial charge in [0.15, 0.2) is 6.29 Å². The Balaban J connectivity index is 2.69. The molecule has 0 saturated heterocycles. The molecule has 0 amide bonds. The predicted octanol–water partition coefficient (Wildman–Crippen LogP) is 1.86. The fourth-order valence-electron chi connectivity index (χ4n) is 0.707. The highest BCUT2D eigenvalue weighted by Gasteiger charge is 1.99. The highest BCUT2D eigenvalue weighted by molar-refractivity contribution is 5.62. The van der Waals surface area contributed by atoms with Crippen LogP contribution in [0.3, 0.4) is 0 Å². The lowest BCUT2D eigenvalue weighted by atomic mass is 10.3. The summed E-state index contributed by atoms with van der Waals surface area (Å²) < 4.78 is 0. The molecular weight excluding hydrogens is 166 g/mol. The van der Waals surface area contributed by atoms with Gasteiger partial charge in [-0.3, -0.25) is 4.79 Å². The summed E-state index contributed by atoms with van der Waals surface area (Å²) in [6, 6.07) is 9.62. The predicted molar refractivity (Wildman–Crippen MR) is 46.4 cm³/mol. The Morgan fingerprint density at radius 3 is 2.62 bits per heavy atom. The van der Waals surface area contributed by atoms with Crippen LogP contribution in [-0.4, -0.2) is 12.3 Å². The molecule has 1 unspecified atom stereocenters. The Kier molecular flexibility index (Phi) is 3.33. The minimum absolute atomic E-state index is 0.451. The van der Waals surface area contributed by atoms with E-state index in [1.165, 1.54) is 0 Å². The molecule has 0 spiro atoms. The number of rotatable bonds is 3. The zero-order valence-corrected chi connectivity index (χ0v) is 6.79. The van der Waals surface area contributed by atoms with Crippen LogP contribution in [0, 0.1) is 11.3 Å². The first-order chi connectivity index (χ1) is 6.36. The van der Waals surface area contributed by atoms with Crippen molar-refractivity contribution in [1.82, 2.24) is 0 Å². The van der Waals surface area contributed by atoms with Gasteiger partial charge in [0.05, 0.1) is 11.8 Å². The standard InChI is InChI=1S/C9H7N3O/c10-6-9(7-13)12-11-8-4-2-1-3-5-8/h1-5,7,9H. The van der Waals surface area contributed by atoms with Crippen molar-refractivity contribution in [3.63, 3.8) is 0 Å². The normalized spacial score (nSPS) is 12.2. The van der Waals surface area contributed by atoms with Crippen molar-refractivity contribution in [2.75, 3.05) is 0 Å². The molecule has 0 aliphatic carbocycles. The summed E-state index contributed by atoms with van der Waals surface area (Å²) in [6.07, 6.45) is 0.451. The Labute approximate surface area is 75.5 Å². The Bertz CT molecular complexity index is 340. The van der Waals surface area contributed by atoms with Gasteiger partial charge in [-0.25, -0.2) is 0 Å². The van der Waals surface area contributed by atoms with Crippen molar-refractivity contribution in [2.45, 2.75) is 6.04 Å². The number of nitriles is 1. The topological polar surface area (TPSA) is 65.6 Å². The largest absolute Gasteiger partial charge is 0.300 e. The number of aldehydes is 1. The van der Waals surface area contributed by atoms with Gasteiger partial charge < -0.3 is 0 Å². The molecule has 0 saturated carbocycles. The molecule has 0 fully saturated rings. The lowest BCUT2D eigenvalue weighted by Gasteiger charge is -1.90. The van der Waals surface area contributed by atoms with E-state index in [1.54, 1.807) is 30.3 Å². The zero-order chi connectivity index (χ0) is 9.52. The minimum Gasteiger partial charge on any atom is -0.300 e. The highest BCUT2D eigenvalue weighted by Crippen LogP contribution is 2.10. The maximum atomic E-state index is 10.2. The van der Waals surface area contributed by atoms with Crippen LogP contribution in [0.2, 0.25) is 0 Å². The number of nitrogens with zero attached hydrogens (tertiary/aromatic N) is 3. The maximum absolute atomic E-state index is 10.2. The summed E-state index contributed by atoms with van der Waals surface area (Å²) in [5.74, 6) is 0. The second-order valence-electron chi connectivity index (χ2n) is 2.26. The average Bonchev–Trinajstić information content (AvgIpc) is 2.21. The molecule has 4 heteroatoms. The van der Waals surface area contributed by atoms with Crippen molar-refractivity contribution in [2.24, 2.45) is 10.2 Å². The third-order valence-corrected chi connectivity index (χ3v) is 1.31. The van der Waals surface area contributed by atoms with Gasteiger partial charge in [-0.2, -0.15) is 15.5 Å². The lowest BCUT2D eigenvalue weighted by molar-refractivity contribution is -0.107. The van der Waals surface area contributed by atoms with Gasteiger partial charge >= 0.3 is 0 Å². The smallest absolute Gasteiger partial charge is 0.212 e. The third-order valence-electron chi connectivity index (χ3n) is 1.31. The molecule has 0 aromatic heterocycles. The van der Waals surface area contributed by atoms with Crippen molar-refractivity contribution < 1.29 is 4.79 Å². The van der Waals surface area contributed by atoms with Crippen LogP contribution >= 0.6 is 0 Å². The molecule has 1 aromatic rings. The quantitative estimate of drug-likeness (QED) is 0.517. The van der Waals surface area contributed by atoms with Gasteiger partial charge in [0.25, 0.3) is 0 Å². The Hall–Kier alpha value is -2.02. The molecule has 1 aromatic carbocycles. The maximum Gasteiger partial charge on any atom is 0.212 e. The summed E-state index contributed by atoms with van der Waals surface area (Å²) in [4.78, 5) is 10.2. The van der Waals surface area contributed by atoms with E-state index >= 15 is 0 Å². The molecule has 0 radical (unpaired) electrons. The Morgan fingerprint density at radius 1 is 1.38 bits per heavy atom. The molecule has 0 heterocycles. The van der Waals surface area contributed by atoms with Gasteiger partial charge in [-0.1, -0.05) is 18.2 Å². The van der Waals surface area contributed by atoms with E-state index in [0.29, 0.717) is 12.0 Å².